The molecule has 0 radical (unpaired) electrons. The molecular formula is C10H16N2OS. The van der Waals surface area contributed by atoms with Crippen LogP contribution in [0.4, 0.5) is 0 Å². The van der Waals surface area contributed by atoms with Crippen molar-refractivity contribution in [2.75, 3.05) is 19.8 Å². The van der Waals surface area contributed by atoms with Crippen LogP contribution in [-0.4, -0.2) is 31.0 Å². The molecule has 3 nitrogen and oxygen atoms in total. The molecule has 1 N–H and O–H groups in total. The molecule has 0 bridgehead atoms. The van der Waals surface area contributed by atoms with Gasteiger partial charge in [-0.15, -0.1) is 11.8 Å². The predicted octanol–water partition coefficient (Wildman–Crippen LogP) is 2.22. The zero-order valence-corrected chi connectivity index (χ0v) is 9.43. The zero-order chi connectivity index (χ0) is 10.4. The number of nitrogens with one attached hydrogen (secondary N) is 1. The van der Waals surface area contributed by atoms with Crippen LogP contribution in [0.1, 0.15) is 11.5 Å². The molecule has 0 aromatic carbocycles. The van der Waals surface area contributed by atoms with E-state index in [1.165, 1.54) is 6.21 Å². The Morgan fingerprint density at radius 1 is 1.43 bits per heavy atom. The van der Waals surface area contributed by atoms with Crippen molar-refractivity contribution in [3.8, 4) is 0 Å². The van der Waals surface area contributed by atoms with E-state index in [0.717, 1.165) is 29.6 Å². The summed E-state index contributed by atoms with van der Waals surface area (Å²) in [7, 11) is 4.04. The Labute approximate surface area is 89.0 Å². The van der Waals surface area contributed by atoms with Crippen LogP contribution < -0.4 is 0 Å². The van der Waals surface area contributed by atoms with E-state index in [-0.39, 0.29) is 0 Å². The fraction of sp³-hybridized carbons (Fsp3) is 0.500. The number of nitrogens with zero attached hydrogens (tertiary/aromatic N) is 1. The minimum atomic E-state index is 0.754. The monoisotopic (exact) mass is 212 g/mol. The van der Waals surface area contributed by atoms with Gasteiger partial charge in [0.25, 0.3) is 0 Å². The van der Waals surface area contributed by atoms with Crippen LogP contribution in [0.5, 0.6) is 0 Å². The summed E-state index contributed by atoms with van der Waals surface area (Å²) >= 11 is 1.69. The third kappa shape index (κ3) is 3.98. The maximum atomic E-state index is 6.88. The van der Waals surface area contributed by atoms with Gasteiger partial charge in [-0.1, -0.05) is 0 Å². The van der Waals surface area contributed by atoms with Crippen LogP contribution in [0.3, 0.4) is 0 Å². The van der Waals surface area contributed by atoms with Crippen molar-refractivity contribution in [1.29, 1.82) is 5.41 Å². The zero-order valence-electron chi connectivity index (χ0n) is 8.62. The summed E-state index contributed by atoms with van der Waals surface area (Å²) in [5, 5.41) is 6.88. The molecular weight excluding hydrogens is 196 g/mol. The summed E-state index contributed by atoms with van der Waals surface area (Å²) in [6, 6.07) is 4.02. The Balaban J connectivity index is 2.38. The van der Waals surface area contributed by atoms with Crippen LogP contribution in [-0.2, 0) is 12.3 Å². The highest BCUT2D eigenvalue weighted by molar-refractivity contribution is 7.99. The second kappa shape index (κ2) is 5.88. The summed E-state index contributed by atoms with van der Waals surface area (Å²) in [5.74, 6) is 3.60. The standard InChI is InChI=1S/C10H16N2OS/c1-12(2)7-9-3-4-10(13-9)8-14-6-5-11/h3-5,11H,6-8H2,1-2H3. The van der Waals surface area contributed by atoms with E-state index >= 15 is 0 Å². The molecule has 0 aliphatic rings. The fourth-order valence-corrected chi connectivity index (χ4v) is 1.71. The van der Waals surface area contributed by atoms with E-state index in [2.05, 4.69) is 4.90 Å². The van der Waals surface area contributed by atoms with E-state index in [9.17, 15) is 0 Å². The van der Waals surface area contributed by atoms with Gasteiger partial charge in [0, 0.05) is 12.0 Å². The minimum Gasteiger partial charge on any atom is -0.464 e. The van der Waals surface area contributed by atoms with Crippen molar-refractivity contribution in [1.82, 2.24) is 4.90 Å². The lowest BCUT2D eigenvalue weighted by Gasteiger charge is -2.05. The third-order valence-corrected chi connectivity index (χ3v) is 2.53. The quantitative estimate of drug-likeness (QED) is 0.580. The summed E-state index contributed by atoms with van der Waals surface area (Å²) in [4.78, 5) is 2.08. The molecule has 0 fully saturated rings. The summed E-state index contributed by atoms with van der Waals surface area (Å²) in [6.07, 6.45) is 1.41. The maximum absolute atomic E-state index is 6.88. The van der Waals surface area contributed by atoms with Gasteiger partial charge in [0.05, 0.1) is 12.3 Å². The Kier molecular flexibility index (Phi) is 4.76. The lowest BCUT2D eigenvalue weighted by Crippen LogP contribution is -2.09. The van der Waals surface area contributed by atoms with Gasteiger partial charge in [-0.05, 0) is 26.2 Å². The second-order valence-electron chi connectivity index (χ2n) is 3.33. The van der Waals surface area contributed by atoms with Gasteiger partial charge in [-0.25, -0.2) is 0 Å². The highest BCUT2D eigenvalue weighted by Gasteiger charge is 2.02. The first-order chi connectivity index (χ1) is 6.72. The van der Waals surface area contributed by atoms with Crippen molar-refractivity contribution in [2.45, 2.75) is 12.3 Å². The number of furan rings is 1. The third-order valence-electron chi connectivity index (χ3n) is 1.63. The predicted molar refractivity (Wildman–Crippen MR) is 61.0 cm³/mol. The molecule has 4 heteroatoms. The van der Waals surface area contributed by atoms with Crippen molar-refractivity contribution in [2.24, 2.45) is 0 Å². The Bertz CT molecular complexity index is 283. The van der Waals surface area contributed by atoms with E-state index < -0.39 is 0 Å². The number of hydrogen-bond donors (Lipinski definition) is 1. The SMILES string of the molecule is CN(C)Cc1ccc(CSCC=N)o1. The van der Waals surface area contributed by atoms with Crippen LogP contribution in [0.15, 0.2) is 16.5 Å². The summed E-state index contributed by atoms with van der Waals surface area (Å²) in [6.45, 7) is 0.842. The molecule has 1 aromatic heterocycles. The van der Waals surface area contributed by atoms with Crippen molar-refractivity contribution in [3.05, 3.63) is 23.7 Å². The first kappa shape index (κ1) is 11.3. The highest BCUT2D eigenvalue weighted by Crippen LogP contribution is 2.15. The number of hydrogen-bond acceptors (Lipinski definition) is 4. The molecule has 0 spiro atoms. The molecule has 0 saturated heterocycles. The van der Waals surface area contributed by atoms with Gasteiger partial charge in [0.2, 0.25) is 0 Å². The fourth-order valence-electron chi connectivity index (χ4n) is 1.11. The lowest BCUT2D eigenvalue weighted by molar-refractivity contribution is 0.344. The van der Waals surface area contributed by atoms with Gasteiger partial charge < -0.3 is 14.7 Å². The topological polar surface area (TPSA) is 40.2 Å². The van der Waals surface area contributed by atoms with E-state index in [0.29, 0.717) is 0 Å². The van der Waals surface area contributed by atoms with Gasteiger partial charge >= 0.3 is 0 Å². The van der Waals surface area contributed by atoms with E-state index in [1.54, 1.807) is 11.8 Å². The van der Waals surface area contributed by atoms with Gasteiger partial charge in [-0.3, -0.25) is 0 Å². The average Bonchev–Trinajstić information content (AvgIpc) is 2.52. The maximum Gasteiger partial charge on any atom is 0.118 e. The smallest absolute Gasteiger partial charge is 0.118 e. The number of thioether (sulfide) groups is 1. The summed E-state index contributed by atoms with van der Waals surface area (Å²) in [5.41, 5.74) is 0. The molecule has 14 heavy (non-hydrogen) atoms. The molecule has 1 aromatic rings. The molecule has 78 valence electrons. The van der Waals surface area contributed by atoms with Crippen LogP contribution in [0.2, 0.25) is 0 Å². The van der Waals surface area contributed by atoms with E-state index in [4.69, 9.17) is 9.83 Å². The highest BCUT2D eigenvalue weighted by atomic mass is 32.2. The molecule has 1 heterocycles. The molecule has 0 unspecified atom stereocenters. The van der Waals surface area contributed by atoms with Crippen molar-refractivity contribution >= 4 is 18.0 Å². The molecule has 1 rings (SSSR count). The first-order valence-electron chi connectivity index (χ1n) is 4.51. The van der Waals surface area contributed by atoms with Crippen LogP contribution in [0, 0.1) is 5.41 Å². The first-order valence-corrected chi connectivity index (χ1v) is 5.67. The van der Waals surface area contributed by atoms with Crippen molar-refractivity contribution < 1.29 is 4.42 Å². The summed E-state index contributed by atoms with van der Waals surface area (Å²) < 4.78 is 5.60. The Morgan fingerprint density at radius 3 is 2.79 bits per heavy atom. The Hall–Kier alpha value is -0.740. The van der Waals surface area contributed by atoms with E-state index in [1.807, 2.05) is 26.2 Å². The minimum absolute atomic E-state index is 0.754. The second-order valence-corrected chi connectivity index (χ2v) is 4.36. The number of rotatable bonds is 6. The molecule has 0 aliphatic carbocycles. The van der Waals surface area contributed by atoms with Crippen LogP contribution in [0.25, 0.3) is 0 Å². The van der Waals surface area contributed by atoms with Gasteiger partial charge in [0.15, 0.2) is 0 Å². The Morgan fingerprint density at radius 2 is 2.14 bits per heavy atom. The molecule has 0 saturated carbocycles. The average molecular weight is 212 g/mol. The normalized spacial score (nSPS) is 10.8. The van der Waals surface area contributed by atoms with Gasteiger partial charge in [-0.2, -0.15) is 0 Å². The molecule has 0 amide bonds. The van der Waals surface area contributed by atoms with Crippen molar-refractivity contribution in [3.63, 3.8) is 0 Å². The molecule has 0 atom stereocenters. The largest absolute Gasteiger partial charge is 0.464 e. The van der Waals surface area contributed by atoms with Crippen LogP contribution >= 0.6 is 11.8 Å². The lowest BCUT2D eigenvalue weighted by atomic mass is 10.4. The van der Waals surface area contributed by atoms with Gasteiger partial charge in [0.1, 0.15) is 11.5 Å². The molecule has 0 aliphatic heterocycles.